The van der Waals surface area contributed by atoms with Gasteiger partial charge in [0.25, 0.3) is 0 Å². The van der Waals surface area contributed by atoms with Gasteiger partial charge in [-0.15, -0.1) is 11.3 Å². The smallest absolute Gasteiger partial charge is 0.229 e. The van der Waals surface area contributed by atoms with Crippen LogP contribution < -0.4 is 14.9 Å². The Morgan fingerprint density at radius 3 is 2.57 bits per heavy atom. The fraction of sp³-hybridized carbons (Fsp3) is 0.238. The predicted molar refractivity (Wildman–Crippen MR) is 127 cm³/mol. The highest BCUT2D eigenvalue weighted by Gasteiger charge is 2.41. The van der Waals surface area contributed by atoms with E-state index in [1.807, 2.05) is 37.3 Å². The Hall–Kier alpha value is -2.49. The van der Waals surface area contributed by atoms with E-state index >= 15 is 0 Å². The molecule has 0 radical (unpaired) electrons. The van der Waals surface area contributed by atoms with Crippen LogP contribution in [-0.4, -0.2) is 24.8 Å². The third-order valence-electron chi connectivity index (χ3n) is 4.93. The Kier molecular flexibility index (Phi) is 5.52. The molecule has 4 rings (SSSR count). The zero-order valence-electron chi connectivity index (χ0n) is 16.8. The summed E-state index contributed by atoms with van der Waals surface area (Å²) >= 11 is 7.47. The van der Waals surface area contributed by atoms with Crippen LogP contribution in [0.5, 0.6) is 0 Å². The number of hydrogen-bond donors (Lipinski definition) is 2. The van der Waals surface area contributed by atoms with Gasteiger partial charge >= 0.3 is 0 Å². The molecule has 2 aromatic heterocycles. The van der Waals surface area contributed by atoms with Gasteiger partial charge in [0.15, 0.2) is 5.11 Å². The first-order valence-corrected chi connectivity index (χ1v) is 12.5. The van der Waals surface area contributed by atoms with Gasteiger partial charge in [0, 0.05) is 21.6 Å². The Morgan fingerprint density at radius 1 is 1.17 bits per heavy atom. The number of rotatable bonds is 5. The van der Waals surface area contributed by atoms with Crippen LogP contribution in [0.2, 0.25) is 0 Å². The van der Waals surface area contributed by atoms with Crippen molar-refractivity contribution >= 4 is 50.1 Å². The largest absolute Gasteiger partial charge is 0.351 e. The Labute approximate surface area is 186 Å². The first kappa shape index (κ1) is 20.8. The minimum Gasteiger partial charge on any atom is -0.351 e. The van der Waals surface area contributed by atoms with Crippen molar-refractivity contribution in [3.8, 4) is 0 Å². The third kappa shape index (κ3) is 4.19. The molecule has 0 unspecified atom stereocenters. The normalized spacial score (nSPS) is 19.0. The van der Waals surface area contributed by atoms with E-state index in [2.05, 4.69) is 39.0 Å². The molecular weight excluding hydrogens is 436 g/mol. The molecule has 1 aliphatic heterocycles. The Bertz CT molecular complexity index is 1190. The molecule has 0 amide bonds. The molecule has 2 atom stereocenters. The molecule has 0 aliphatic carbocycles. The molecule has 1 aliphatic rings. The van der Waals surface area contributed by atoms with Crippen LogP contribution in [0.15, 0.2) is 54.7 Å². The lowest BCUT2D eigenvalue weighted by molar-refractivity contribution is 0.575. The van der Waals surface area contributed by atoms with Crippen LogP contribution in [0.25, 0.3) is 0 Å². The van der Waals surface area contributed by atoms with E-state index in [0.29, 0.717) is 10.8 Å². The van der Waals surface area contributed by atoms with E-state index in [1.54, 1.807) is 23.6 Å². The van der Waals surface area contributed by atoms with Crippen LogP contribution in [0.4, 0.5) is 11.4 Å². The van der Waals surface area contributed by atoms with Crippen molar-refractivity contribution in [1.82, 2.24) is 10.3 Å². The topological polar surface area (TPSA) is 74.3 Å². The van der Waals surface area contributed by atoms with Gasteiger partial charge < -0.3 is 10.2 Å². The average Bonchev–Trinajstić information content (AvgIpc) is 3.26. The van der Waals surface area contributed by atoms with Crippen molar-refractivity contribution in [2.75, 3.05) is 15.9 Å². The quantitative estimate of drug-likeness (QED) is 0.555. The SMILES string of the molecule is Cc1ccc([C@@H]2[C@H](c3ccccn3)NC(=S)N2c2ccc(NS(C)(=O)=O)c(C)c2)s1. The maximum absolute atomic E-state index is 11.6. The van der Waals surface area contributed by atoms with E-state index < -0.39 is 10.0 Å². The van der Waals surface area contributed by atoms with Crippen molar-refractivity contribution in [1.29, 1.82) is 0 Å². The zero-order chi connectivity index (χ0) is 21.5. The first-order valence-electron chi connectivity index (χ1n) is 9.38. The minimum absolute atomic E-state index is 0.0563. The summed E-state index contributed by atoms with van der Waals surface area (Å²) in [5.41, 5.74) is 3.20. The molecule has 9 heteroatoms. The summed E-state index contributed by atoms with van der Waals surface area (Å²) in [7, 11) is -3.35. The molecule has 3 heterocycles. The number of nitrogens with zero attached hydrogens (tertiary/aromatic N) is 2. The highest BCUT2D eigenvalue weighted by Crippen LogP contribution is 2.44. The van der Waals surface area contributed by atoms with Gasteiger partial charge in [-0.3, -0.25) is 9.71 Å². The maximum Gasteiger partial charge on any atom is 0.229 e. The van der Waals surface area contributed by atoms with Crippen molar-refractivity contribution in [3.05, 3.63) is 75.7 Å². The van der Waals surface area contributed by atoms with Crippen molar-refractivity contribution < 1.29 is 8.42 Å². The minimum atomic E-state index is -3.35. The van der Waals surface area contributed by atoms with Gasteiger partial charge in [-0.1, -0.05) is 6.07 Å². The monoisotopic (exact) mass is 458 g/mol. The third-order valence-corrected chi connectivity index (χ3v) is 6.91. The number of sulfonamides is 1. The van der Waals surface area contributed by atoms with Crippen LogP contribution in [-0.2, 0) is 10.0 Å². The standard InChI is InChI=1S/C21H22N4O2S3/c1-13-12-15(8-9-16(13)24-30(3,26)27)25-20(18-10-7-14(2)29-18)19(23-21(25)28)17-6-4-5-11-22-17/h4-12,19-20,24H,1-3H3,(H,23,28)/t19-,20+/m0/s1. The summed E-state index contributed by atoms with van der Waals surface area (Å²) in [6.45, 7) is 3.97. The molecule has 6 nitrogen and oxygen atoms in total. The summed E-state index contributed by atoms with van der Waals surface area (Å²) in [5, 5.41) is 4.05. The summed E-state index contributed by atoms with van der Waals surface area (Å²) in [5.74, 6) is 0. The van der Waals surface area contributed by atoms with Gasteiger partial charge in [0.1, 0.15) is 0 Å². The summed E-state index contributed by atoms with van der Waals surface area (Å²) in [6.07, 6.45) is 2.93. The van der Waals surface area contributed by atoms with Crippen LogP contribution in [0.1, 0.15) is 33.1 Å². The van der Waals surface area contributed by atoms with E-state index in [-0.39, 0.29) is 12.1 Å². The lowest BCUT2D eigenvalue weighted by atomic mass is 10.0. The lowest BCUT2D eigenvalue weighted by Gasteiger charge is -2.27. The fourth-order valence-corrected chi connectivity index (χ4v) is 5.63. The molecule has 2 N–H and O–H groups in total. The van der Waals surface area contributed by atoms with Gasteiger partial charge in [-0.05, 0) is 74.1 Å². The molecule has 0 saturated carbocycles. The molecule has 1 saturated heterocycles. The highest BCUT2D eigenvalue weighted by molar-refractivity contribution is 7.92. The van der Waals surface area contributed by atoms with Gasteiger partial charge in [0.05, 0.1) is 29.7 Å². The molecule has 1 fully saturated rings. The summed E-state index contributed by atoms with van der Waals surface area (Å²) in [6, 6.07) is 15.6. The molecule has 0 bridgehead atoms. The zero-order valence-corrected chi connectivity index (χ0v) is 19.2. The number of aromatic nitrogens is 1. The summed E-state index contributed by atoms with van der Waals surface area (Å²) < 4.78 is 25.8. The number of pyridine rings is 1. The molecular formula is C21H22N4O2S3. The van der Waals surface area contributed by atoms with Gasteiger partial charge in [0.2, 0.25) is 10.0 Å². The van der Waals surface area contributed by atoms with E-state index in [0.717, 1.165) is 23.2 Å². The first-order chi connectivity index (χ1) is 14.2. The van der Waals surface area contributed by atoms with E-state index in [1.165, 1.54) is 9.75 Å². The second-order valence-corrected chi connectivity index (χ2v) is 10.8. The molecule has 30 heavy (non-hydrogen) atoms. The maximum atomic E-state index is 11.6. The van der Waals surface area contributed by atoms with Crippen molar-refractivity contribution in [2.24, 2.45) is 0 Å². The highest BCUT2D eigenvalue weighted by atomic mass is 32.2. The summed E-state index contributed by atoms with van der Waals surface area (Å²) in [4.78, 5) is 9.07. The van der Waals surface area contributed by atoms with Crippen LogP contribution in [0.3, 0.4) is 0 Å². The van der Waals surface area contributed by atoms with Crippen LogP contribution in [0, 0.1) is 13.8 Å². The predicted octanol–water partition coefficient (Wildman–Crippen LogP) is 4.31. The van der Waals surface area contributed by atoms with Gasteiger partial charge in [-0.25, -0.2) is 8.42 Å². The number of aryl methyl sites for hydroxylation is 2. The number of anilines is 2. The molecule has 3 aromatic rings. The van der Waals surface area contributed by atoms with E-state index in [4.69, 9.17) is 12.2 Å². The molecule has 156 valence electrons. The Morgan fingerprint density at radius 2 is 1.97 bits per heavy atom. The molecule has 1 aromatic carbocycles. The number of nitrogens with one attached hydrogen (secondary N) is 2. The fourth-order valence-electron chi connectivity index (χ4n) is 3.65. The van der Waals surface area contributed by atoms with Crippen molar-refractivity contribution in [2.45, 2.75) is 25.9 Å². The van der Waals surface area contributed by atoms with Crippen molar-refractivity contribution in [3.63, 3.8) is 0 Å². The van der Waals surface area contributed by atoms with E-state index in [9.17, 15) is 8.42 Å². The lowest BCUT2D eigenvalue weighted by Crippen LogP contribution is -2.29. The number of hydrogen-bond acceptors (Lipinski definition) is 5. The average molecular weight is 459 g/mol. The molecule has 0 spiro atoms. The van der Waals surface area contributed by atoms with Gasteiger partial charge in [-0.2, -0.15) is 0 Å². The second-order valence-electron chi connectivity index (χ2n) is 7.32. The second kappa shape index (κ2) is 7.98. The van der Waals surface area contributed by atoms with Crippen LogP contribution >= 0.6 is 23.6 Å². The number of thiocarbonyl (C=S) groups is 1. The number of thiophene rings is 1. The number of benzene rings is 1. The Balaban J connectivity index is 1.77.